The van der Waals surface area contributed by atoms with Crippen molar-refractivity contribution >= 4 is 49.2 Å². The molecule has 5 nitrogen and oxygen atoms in total. The number of nitrogens with zero attached hydrogens (tertiary/aromatic N) is 4. The van der Waals surface area contributed by atoms with Gasteiger partial charge in [-0.15, -0.1) is 0 Å². The number of hydrogen-bond acceptors (Lipinski definition) is 4. The summed E-state index contributed by atoms with van der Waals surface area (Å²) in [6, 6.07) is 26.5. The quantitative estimate of drug-likeness (QED) is 0.237. The SMILES string of the molecule is [C-]#[N+]c1cncc(-c2cc3oc4cc(-c5cncc(C#N)c5)c5ccccc5c4c3c3ccccc23)c1. The zero-order chi connectivity index (χ0) is 24.9. The molecule has 0 aliphatic heterocycles. The summed E-state index contributed by atoms with van der Waals surface area (Å²) in [5.74, 6) is 0. The molecule has 3 aromatic heterocycles. The molecule has 37 heavy (non-hydrogen) atoms. The van der Waals surface area contributed by atoms with Gasteiger partial charge in [0.05, 0.1) is 12.1 Å². The van der Waals surface area contributed by atoms with Gasteiger partial charge in [-0.3, -0.25) is 9.97 Å². The molecule has 0 fully saturated rings. The molecule has 0 N–H and O–H groups in total. The highest BCUT2D eigenvalue weighted by molar-refractivity contribution is 6.29. The van der Waals surface area contributed by atoms with Crippen LogP contribution in [0.5, 0.6) is 0 Å². The molecule has 0 atom stereocenters. The smallest absolute Gasteiger partial charge is 0.205 e. The molecule has 0 unspecified atom stereocenters. The van der Waals surface area contributed by atoms with E-state index in [0.717, 1.165) is 65.7 Å². The van der Waals surface area contributed by atoms with Crippen LogP contribution in [-0.4, -0.2) is 9.97 Å². The van der Waals surface area contributed by atoms with E-state index in [0.29, 0.717) is 11.3 Å². The van der Waals surface area contributed by atoms with E-state index in [1.807, 2.05) is 42.5 Å². The lowest BCUT2D eigenvalue weighted by atomic mass is 9.92. The second-order valence-electron chi connectivity index (χ2n) is 8.91. The number of nitriles is 1. The number of fused-ring (bicyclic) bond motifs is 7. The van der Waals surface area contributed by atoms with Gasteiger partial charge in [0.2, 0.25) is 5.69 Å². The van der Waals surface area contributed by atoms with E-state index < -0.39 is 0 Å². The van der Waals surface area contributed by atoms with E-state index in [4.69, 9.17) is 11.0 Å². The molecule has 0 aliphatic carbocycles. The predicted octanol–water partition coefficient (Wildman–Crippen LogP) is 8.44. The zero-order valence-corrected chi connectivity index (χ0v) is 19.4. The summed E-state index contributed by atoms with van der Waals surface area (Å²) in [5.41, 5.74) is 6.21. The molecule has 170 valence electrons. The lowest BCUT2D eigenvalue weighted by molar-refractivity contribution is 0.670. The summed E-state index contributed by atoms with van der Waals surface area (Å²) < 4.78 is 6.54. The Morgan fingerprint density at radius 2 is 1.22 bits per heavy atom. The number of aromatic nitrogens is 2. The van der Waals surface area contributed by atoms with Gasteiger partial charge in [-0.1, -0.05) is 48.5 Å². The molecule has 0 bridgehead atoms. The molecule has 0 saturated heterocycles. The molecule has 0 aliphatic rings. The average molecular weight is 473 g/mol. The van der Waals surface area contributed by atoms with Gasteiger partial charge in [0.1, 0.15) is 17.2 Å². The molecule has 7 aromatic rings. The fraction of sp³-hybridized carbons (Fsp3) is 0. The van der Waals surface area contributed by atoms with E-state index in [9.17, 15) is 5.26 Å². The molecule has 7 rings (SSSR count). The molecular weight excluding hydrogens is 456 g/mol. The van der Waals surface area contributed by atoms with E-state index in [-0.39, 0.29) is 0 Å². The summed E-state index contributed by atoms with van der Waals surface area (Å²) >= 11 is 0. The Bertz CT molecular complexity index is 1970. The van der Waals surface area contributed by atoms with Crippen LogP contribution in [0, 0.1) is 17.9 Å². The fourth-order valence-corrected chi connectivity index (χ4v) is 5.26. The number of hydrogen-bond donors (Lipinski definition) is 0. The van der Waals surface area contributed by atoms with Gasteiger partial charge in [0.25, 0.3) is 0 Å². The third kappa shape index (κ3) is 3.16. The molecule has 0 radical (unpaired) electrons. The van der Waals surface area contributed by atoms with Crippen LogP contribution in [0.4, 0.5) is 5.69 Å². The van der Waals surface area contributed by atoms with Crippen molar-refractivity contribution in [3.05, 3.63) is 115 Å². The second-order valence-corrected chi connectivity index (χ2v) is 8.91. The standard InChI is InChI=1S/C32H16N4O/c1-34-22-11-21(17-36-18-22)28-13-30-32(26-9-5-3-7-24(26)28)31-25-8-4-2-6-23(25)27(12-29(31)37-30)20-10-19(14-33)15-35-16-20/h2-13,15-18H. The third-order valence-electron chi connectivity index (χ3n) is 6.83. The summed E-state index contributed by atoms with van der Waals surface area (Å²) in [6.45, 7) is 7.41. The maximum absolute atomic E-state index is 9.41. The van der Waals surface area contributed by atoms with Crippen LogP contribution in [0.25, 0.3) is 70.6 Å². The van der Waals surface area contributed by atoms with Gasteiger partial charge < -0.3 is 4.42 Å². The minimum atomic E-state index is 0.495. The molecule has 4 aromatic carbocycles. The van der Waals surface area contributed by atoms with E-state index in [2.05, 4.69) is 51.2 Å². The highest BCUT2D eigenvalue weighted by Gasteiger charge is 2.19. The van der Waals surface area contributed by atoms with Crippen LogP contribution in [0.3, 0.4) is 0 Å². The Morgan fingerprint density at radius 3 is 1.78 bits per heavy atom. The second kappa shape index (κ2) is 8.02. The lowest BCUT2D eigenvalue weighted by Gasteiger charge is -2.10. The van der Waals surface area contributed by atoms with Gasteiger partial charge in [0, 0.05) is 41.1 Å². The highest BCUT2D eigenvalue weighted by atomic mass is 16.3. The first-order chi connectivity index (χ1) is 18.2. The van der Waals surface area contributed by atoms with E-state index >= 15 is 0 Å². The van der Waals surface area contributed by atoms with Crippen molar-refractivity contribution in [1.29, 1.82) is 5.26 Å². The highest BCUT2D eigenvalue weighted by Crippen LogP contribution is 2.44. The Hall–Kier alpha value is -5.52. The van der Waals surface area contributed by atoms with Crippen LogP contribution in [0.2, 0.25) is 0 Å². The van der Waals surface area contributed by atoms with Crippen molar-refractivity contribution in [2.45, 2.75) is 0 Å². The minimum Gasteiger partial charge on any atom is -0.456 e. The van der Waals surface area contributed by atoms with Gasteiger partial charge in [-0.2, -0.15) is 5.26 Å². The Kier molecular flexibility index (Phi) is 4.51. The molecule has 5 heteroatoms. The van der Waals surface area contributed by atoms with Gasteiger partial charge in [-0.05, 0) is 62.5 Å². The molecule has 0 spiro atoms. The van der Waals surface area contributed by atoms with Crippen LogP contribution in [0.15, 0.2) is 102 Å². The van der Waals surface area contributed by atoms with Crippen molar-refractivity contribution < 1.29 is 4.42 Å². The first-order valence-corrected chi connectivity index (χ1v) is 11.7. The monoisotopic (exact) mass is 472 g/mol. The first kappa shape index (κ1) is 20.8. The maximum Gasteiger partial charge on any atom is 0.205 e. The topological polar surface area (TPSA) is 67.1 Å². The number of pyridine rings is 2. The summed E-state index contributed by atoms with van der Waals surface area (Å²) in [7, 11) is 0. The van der Waals surface area contributed by atoms with Gasteiger partial charge >= 0.3 is 0 Å². The number of rotatable bonds is 2. The summed E-state index contributed by atoms with van der Waals surface area (Å²) in [4.78, 5) is 12.1. The van der Waals surface area contributed by atoms with Gasteiger partial charge in [0.15, 0.2) is 0 Å². The minimum absolute atomic E-state index is 0.495. The zero-order valence-electron chi connectivity index (χ0n) is 19.4. The normalized spacial score (nSPS) is 11.2. The third-order valence-corrected chi connectivity index (χ3v) is 6.83. The number of benzene rings is 4. The molecular formula is C32H16N4O. The van der Waals surface area contributed by atoms with E-state index in [1.165, 1.54) is 0 Å². The van der Waals surface area contributed by atoms with Crippen LogP contribution in [0.1, 0.15) is 5.56 Å². The van der Waals surface area contributed by atoms with Crippen LogP contribution in [-0.2, 0) is 0 Å². The Balaban J connectivity index is 1.62. The summed E-state index contributed by atoms with van der Waals surface area (Å²) in [5, 5.41) is 15.8. The Morgan fingerprint density at radius 1 is 0.676 bits per heavy atom. The molecule has 0 saturated carbocycles. The molecule has 3 heterocycles. The predicted molar refractivity (Wildman–Crippen MR) is 146 cm³/mol. The van der Waals surface area contributed by atoms with Crippen molar-refractivity contribution in [3.8, 4) is 28.3 Å². The lowest BCUT2D eigenvalue weighted by Crippen LogP contribution is -1.87. The fourth-order valence-electron chi connectivity index (χ4n) is 5.26. The van der Waals surface area contributed by atoms with Crippen LogP contribution < -0.4 is 0 Å². The maximum atomic E-state index is 9.41. The van der Waals surface area contributed by atoms with Crippen molar-refractivity contribution in [1.82, 2.24) is 9.97 Å². The largest absolute Gasteiger partial charge is 0.456 e. The van der Waals surface area contributed by atoms with Crippen molar-refractivity contribution in [2.24, 2.45) is 0 Å². The van der Waals surface area contributed by atoms with Crippen LogP contribution >= 0.6 is 0 Å². The van der Waals surface area contributed by atoms with Gasteiger partial charge in [-0.25, -0.2) is 4.85 Å². The molecule has 0 amide bonds. The van der Waals surface area contributed by atoms with E-state index in [1.54, 1.807) is 24.8 Å². The Labute approximate surface area is 211 Å². The van der Waals surface area contributed by atoms with Crippen molar-refractivity contribution in [3.63, 3.8) is 0 Å². The number of furan rings is 1. The average Bonchev–Trinajstić information content (AvgIpc) is 3.35. The van der Waals surface area contributed by atoms with Crippen molar-refractivity contribution in [2.75, 3.05) is 0 Å². The summed E-state index contributed by atoms with van der Waals surface area (Å²) in [6.07, 6.45) is 6.70. The first-order valence-electron chi connectivity index (χ1n) is 11.7.